The van der Waals surface area contributed by atoms with E-state index in [0.717, 1.165) is 45.8 Å². The number of hydrogen-bond donors (Lipinski definition) is 0. The van der Waals surface area contributed by atoms with E-state index in [-0.39, 0.29) is 23.7 Å². The zero-order valence-corrected chi connectivity index (χ0v) is 18.1. The first-order valence-electron chi connectivity index (χ1n) is 10.00. The molecule has 1 rings (SSSR count). The van der Waals surface area contributed by atoms with Gasteiger partial charge in [0.1, 0.15) is 6.61 Å². The van der Waals surface area contributed by atoms with Crippen molar-refractivity contribution >= 4 is 5.91 Å². The van der Waals surface area contributed by atoms with Gasteiger partial charge in [-0.2, -0.15) is 0 Å². The lowest BCUT2D eigenvalue weighted by Gasteiger charge is -2.42. The fourth-order valence-electron chi connectivity index (χ4n) is 2.98. The van der Waals surface area contributed by atoms with Gasteiger partial charge >= 0.3 is 0 Å². The zero-order chi connectivity index (χ0) is 19.8. The molecule has 6 nitrogen and oxygen atoms in total. The van der Waals surface area contributed by atoms with Crippen LogP contribution in [0.25, 0.3) is 0 Å². The van der Waals surface area contributed by atoms with Gasteiger partial charge in [0.25, 0.3) is 0 Å². The highest BCUT2D eigenvalue weighted by Crippen LogP contribution is 2.15. The Labute approximate surface area is 160 Å². The first-order chi connectivity index (χ1) is 12.0. The van der Waals surface area contributed by atoms with Crippen LogP contribution in [0.15, 0.2) is 0 Å². The van der Waals surface area contributed by atoms with Crippen molar-refractivity contribution in [3.8, 4) is 0 Å². The maximum Gasteiger partial charge on any atom is 0.248 e. The molecule has 6 heteroatoms. The molecule has 0 bridgehead atoms. The summed E-state index contributed by atoms with van der Waals surface area (Å²) < 4.78 is 11.4. The van der Waals surface area contributed by atoms with Crippen molar-refractivity contribution in [2.24, 2.45) is 0 Å². The third-order valence-electron chi connectivity index (χ3n) is 4.75. The van der Waals surface area contributed by atoms with Gasteiger partial charge < -0.3 is 14.4 Å². The van der Waals surface area contributed by atoms with Gasteiger partial charge in [-0.25, -0.2) is 0 Å². The summed E-state index contributed by atoms with van der Waals surface area (Å²) in [6.07, 6.45) is 0. The Morgan fingerprint density at radius 2 is 1.54 bits per heavy atom. The fraction of sp³-hybridized carbons (Fsp3) is 0.950. The lowest BCUT2D eigenvalue weighted by atomic mass is 10.1. The van der Waals surface area contributed by atoms with Gasteiger partial charge in [0.05, 0.1) is 18.8 Å². The topological polar surface area (TPSA) is 45.2 Å². The number of nitrogens with zero attached hydrogens (tertiary/aromatic N) is 3. The standard InChI is InChI=1S/C20H41N3O3/c1-8-21(14-16-26-20(5,6)7)13-15-25-17-18(24)22-9-11-23(12-10-22)19(2,3)4/h8-17H2,1-7H3. The van der Waals surface area contributed by atoms with Crippen LogP contribution in [0.5, 0.6) is 0 Å². The van der Waals surface area contributed by atoms with Gasteiger partial charge in [-0.15, -0.1) is 0 Å². The number of ether oxygens (including phenoxy) is 2. The third kappa shape index (κ3) is 9.31. The van der Waals surface area contributed by atoms with Crippen LogP contribution >= 0.6 is 0 Å². The van der Waals surface area contributed by atoms with E-state index >= 15 is 0 Å². The van der Waals surface area contributed by atoms with Crippen molar-refractivity contribution in [2.75, 3.05) is 65.6 Å². The second-order valence-corrected chi connectivity index (χ2v) is 8.99. The molecule has 1 fully saturated rings. The lowest BCUT2D eigenvalue weighted by molar-refractivity contribution is -0.138. The minimum Gasteiger partial charge on any atom is -0.375 e. The van der Waals surface area contributed by atoms with Crippen LogP contribution in [0.4, 0.5) is 0 Å². The number of piperazine rings is 1. The molecule has 26 heavy (non-hydrogen) atoms. The van der Waals surface area contributed by atoms with E-state index < -0.39 is 0 Å². The number of carbonyl (C=O) groups is 1. The van der Waals surface area contributed by atoms with E-state index in [2.05, 4.69) is 58.3 Å². The normalized spacial score (nSPS) is 17.2. The molecule has 0 spiro atoms. The van der Waals surface area contributed by atoms with Crippen LogP contribution in [-0.4, -0.2) is 97.4 Å². The molecule has 0 radical (unpaired) electrons. The van der Waals surface area contributed by atoms with Crippen molar-refractivity contribution in [3.63, 3.8) is 0 Å². The highest BCUT2D eigenvalue weighted by atomic mass is 16.5. The summed E-state index contributed by atoms with van der Waals surface area (Å²) in [7, 11) is 0. The molecule has 0 saturated carbocycles. The zero-order valence-electron chi connectivity index (χ0n) is 18.1. The Kier molecular flexibility index (Phi) is 9.51. The molecule has 0 aromatic heterocycles. The molecule has 0 aromatic rings. The van der Waals surface area contributed by atoms with Crippen LogP contribution in [-0.2, 0) is 14.3 Å². The predicted octanol–water partition coefficient (Wildman–Crippen LogP) is 2.08. The molecular formula is C20H41N3O3. The molecule has 154 valence electrons. The minimum atomic E-state index is -0.0979. The van der Waals surface area contributed by atoms with Gasteiger partial charge in [0, 0.05) is 44.8 Å². The van der Waals surface area contributed by atoms with Crippen LogP contribution < -0.4 is 0 Å². The van der Waals surface area contributed by atoms with Gasteiger partial charge in [-0.1, -0.05) is 6.92 Å². The number of amides is 1. The summed E-state index contributed by atoms with van der Waals surface area (Å²) >= 11 is 0. The molecule has 0 aliphatic carbocycles. The maximum absolute atomic E-state index is 12.3. The summed E-state index contributed by atoms with van der Waals surface area (Å²) in [5.74, 6) is 0.109. The maximum atomic E-state index is 12.3. The smallest absolute Gasteiger partial charge is 0.248 e. The predicted molar refractivity (Wildman–Crippen MR) is 107 cm³/mol. The van der Waals surface area contributed by atoms with E-state index in [1.54, 1.807) is 0 Å². The summed E-state index contributed by atoms with van der Waals surface area (Å²) in [4.78, 5) is 18.9. The number of rotatable bonds is 9. The molecule has 1 aliphatic heterocycles. The third-order valence-corrected chi connectivity index (χ3v) is 4.75. The SMILES string of the molecule is CCN(CCOCC(=O)N1CCN(C(C)(C)C)CC1)CCOC(C)(C)C. The van der Waals surface area contributed by atoms with Gasteiger partial charge in [0.2, 0.25) is 5.91 Å². The monoisotopic (exact) mass is 371 g/mol. The first-order valence-corrected chi connectivity index (χ1v) is 10.00. The van der Waals surface area contributed by atoms with Crippen LogP contribution in [0.3, 0.4) is 0 Å². The van der Waals surface area contributed by atoms with E-state index in [0.29, 0.717) is 13.2 Å². The van der Waals surface area contributed by atoms with Crippen molar-refractivity contribution in [2.45, 2.75) is 59.6 Å². The van der Waals surface area contributed by atoms with Gasteiger partial charge in [-0.3, -0.25) is 14.6 Å². The first kappa shape index (κ1) is 23.3. The highest BCUT2D eigenvalue weighted by molar-refractivity contribution is 5.77. The summed E-state index contributed by atoms with van der Waals surface area (Å²) in [5.41, 5.74) is 0.0747. The summed E-state index contributed by atoms with van der Waals surface area (Å²) in [5, 5.41) is 0. The van der Waals surface area contributed by atoms with Crippen molar-refractivity contribution in [1.82, 2.24) is 14.7 Å². The Bertz CT molecular complexity index is 408. The molecule has 0 N–H and O–H groups in total. The van der Waals surface area contributed by atoms with Crippen LogP contribution in [0.1, 0.15) is 48.5 Å². The molecule has 0 atom stereocenters. The average molecular weight is 372 g/mol. The Morgan fingerprint density at radius 3 is 2.04 bits per heavy atom. The molecular weight excluding hydrogens is 330 g/mol. The number of carbonyl (C=O) groups excluding carboxylic acids is 1. The van der Waals surface area contributed by atoms with Crippen molar-refractivity contribution in [1.29, 1.82) is 0 Å². The highest BCUT2D eigenvalue weighted by Gasteiger charge is 2.27. The quantitative estimate of drug-likeness (QED) is 0.581. The largest absolute Gasteiger partial charge is 0.375 e. The molecule has 0 unspecified atom stereocenters. The van der Waals surface area contributed by atoms with Crippen LogP contribution in [0.2, 0.25) is 0 Å². The van der Waals surface area contributed by atoms with E-state index in [1.807, 2.05) is 4.90 Å². The van der Waals surface area contributed by atoms with E-state index in [9.17, 15) is 4.79 Å². The lowest BCUT2D eigenvalue weighted by Crippen LogP contribution is -2.55. The average Bonchev–Trinajstić information content (AvgIpc) is 2.55. The Morgan fingerprint density at radius 1 is 0.962 bits per heavy atom. The minimum absolute atomic E-state index is 0.0979. The van der Waals surface area contributed by atoms with Crippen LogP contribution in [0, 0.1) is 0 Å². The van der Waals surface area contributed by atoms with E-state index in [1.165, 1.54) is 0 Å². The number of likely N-dealkylation sites (N-methyl/N-ethyl adjacent to an activating group) is 1. The number of hydrogen-bond acceptors (Lipinski definition) is 5. The fourth-order valence-corrected chi connectivity index (χ4v) is 2.98. The van der Waals surface area contributed by atoms with Crippen molar-refractivity contribution in [3.05, 3.63) is 0 Å². The van der Waals surface area contributed by atoms with Gasteiger partial charge in [-0.05, 0) is 48.1 Å². The summed E-state index contributed by atoms with van der Waals surface area (Å²) in [6.45, 7) is 22.6. The van der Waals surface area contributed by atoms with Crippen molar-refractivity contribution < 1.29 is 14.3 Å². The second-order valence-electron chi connectivity index (χ2n) is 8.99. The van der Waals surface area contributed by atoms with E-state index in [4.69, 9.17) is 9.47 Å². The molecule has 1 saturated heterocycles. The molecule has 1 amide bonds. The second kappa shape index (κ2) is 10.6. The molecule has 1 aliphatic rings. The molecule has 1 heterocycles. The molecule has 0 aromatic carbocycles. The summed E-state index contributed by atoms with van der Waals surface area (Å²) in [6, 6.07) is 0. The Hall–Kier alpha value is -0.690. The Balaban J connectivity index is 2.17. The van der Waals surface area contributed by atoms with Gasteiger partial charge in [0.15, 0.2) is 0 Å².